The third kappa shape index (κ3) is 2.45. The van der Waals surface area contributed by atoms with E-state index in [4.69, 9.17) is 5.73 Å². The van der Waals surface area contributed by atoms with Gasteiger partial charge in [0.05, 0.1) is 6.04 Å². The standard InChI is InChI=1S/C10H19N3O/c11-10(14)9(7-8-1-2-8)13-5-3-12-4-6-13/h8-9,12H,1-7H2,(H2,11,14). The van der Waals surface area contributed by atoms with Gasteiger partial charge in [-0.15, -0.1) is 0 Å². The van der Waals surface area contributed by atoms with Gasteiger partial charge in [-0.1, -0.05) is 12.8 Å². The molecule has 1 heterocycles. The van der Waals surface area contributed by atoms with Gasteiger partial charge in [-0.25, -0.2) is 0 Å². The van der Waals surface area contributed by atoms with Crippen molar-refractivity contribution in [3.8, 4) is 0 Å². The normalized spacial score (nSPS) is 26.0. The van der Waals surface area contributed by atoms with E-state index in [0.717, 1.165) is 38.5 Å². The van der Waals surface area contributed by atoms with Crippen LogP contribution in [0.4, 0.5) is 0 Å². The fraction of sp³-hybridized carbons (Fsp3) is 0.900. The predicted molar refractivity (Wildman–Crippen MR) is 54.8 cm³/mol. The summed E-state index contributed by atoms with van der Waals surface area (Å²) in [6, 6.07) is -0.00963. The molecule has 1 aliphatic carbocycles. The Hall–Kier alpha value is -0.610. The van der Waals surface area contributed by atoms with E-state index in [1.165, 1.54) is 12.8 Å². The van der Waals surface area contributed by atoms with Gasteiger partial charge in [0, 0.05) is 26.2 Å². The SMILES string of the molecule is NC(=O)C(CC1CC1)N1CCNCC1. The van der Waals surface area contributed by atoms with Crippen LogP contribution in [0.5, 0.6) is 0 Å². The second-order valence-electron chi connectivity index (χ2n) is 4.38. The number of primary amides is 1. The Morgan fingerprint density at radius 1 is 1.43 bits per heavy atom. The molecule has 2 fully saturated rings. The molecule has 0 aromatic carbocycles. The zero-order chi connectivity index (χ0) is 9.97. The second-order valence-corrected chi connectivity index (χ2v) is 4.38. The highest BCUT2D eigenvalue weighted by molar-refractivity contribution is 5.79. The van der Waals surface area contributed by atoms with E-state index in [9.17, 15) is 4.79 Å². The van der Waals surface area contributed by atoms with Crippen LogP contribution in [0.15, 0.2) is 0 Å². The number of piperazine rings is 1. The number of nitrogens with two attached hydrogens (primary N) is 1. The lowest BCUT2D eigenvalue weighted by Gasteiger charge is -2.33. The molecule has 0 radical (unpaired) electrons. The predicted octanol–water partition coefficient (Wildman–Crippen LogP) is -0.454. The lowest BCUT2D eigenvalue weighted by molar-refractivity contribution is -0.123. The molecule has 80 valence electrons. The van der Waals surface area contributed by atoms with E-state index >= 15 is 0 Å². The number of carbonyl (C=O) groups is 1. The van der Waals surface area contributed by atoms with Crippen LogP contribution in [-0.4, -0.2) is 43.0 Å². The molecule has 0 spiro atoms. The van der Waals surface area contributed by atoms with Gasteiger partial charge in [0.25, 0.3) is 0 Å². The van der Waals surface area contributed by atoms with Gasteiger partial charge in [-0.2, -0.15) is 0 Å². The molecule has 1 amide bonds. The minimum absolute atomic E-state index is 0.00963. The minimum atomic E-state index is -0.140. The summed E-state index contributed by atoms with van der Waals surface area (Å²) in [6.07, 6.45) is 3.56. The number of nitrogens with zero attached hydrogens (tertiary/aromatic N) is 1. The van der Waals surface area contributed by atoms with Gasteiger partial charge in [-0.3, -0.25) is 9.69 Å². The van der Waals surface area contributed by atoms with Gasteiger partial charge in [0.2, 0.25) is 5.91 Å². The van der Waals surface area contributed by atoms with Gasteiger partial charge >= 0.3 is 0 Å². The average Bonchev–Trinajstić information content (AvgIpc) is 2.99. The maximum atomic E-state index is 11.3. The molecule has 4 nitrogen and oxygen atoms in total. The molecule has 1 saturated carbocycles. The van der Waals surface area contributed by atoms with E-state index in [1.54, 1.807) is 0 Å². The quantitative estimate of drug-likeness (QED) is 0.641. The van der Waals surface area contributed by atoms with Gasteiger partial charge in [-0.05, 0) is 12.3 Å². The third-order valence-corrected chi connectivity index (χ3v) is 3.17. The van der Waals surface area contributed by atoms with Crippen LogP contribution < -0.4 is 11.1 Å². The summed E-state index contributed by atoms with van der Waals surface area (Å²) >= 11 is 0. The van der Waals surface area contributed by atoms with Crippen molar-refractivity contribution in [1.82, 2.24) is 10.2 Å². The molecule has 1 saturated heterocycles. The monoisotopic (exact) mass is 197 g/mol. The van der Waals surface area contributed by atoms with Crippen molar-refractivity contribution < 1.29 is 4.79 Å². The van der Waals surface area contributed by atoms with Crippen molar-refractivity contribution in [3.63, 3.8) is 0 Å². The number of carbonyl (C=O) groups excluding carboxylic acids is 1. The van der Waals surface area contributed by atoms with Crippen LogP contribution in [0.25, 0.3) is 0 Å². The van der Waals surface area contributed by atoms with Crippen LogP contribution in [0, 0.1) is 5.92 Å². The first kappa shape index (κ1) is 9.93. The Morgan fingerprint density at radius 2 is 2.07 bits per heavy atom. The first-order chi connectivity index (χ1) is 6.77. The number of amides is 1. The first-order valence-electron chi connectivity index (χ1n) is 5.51. The van der Waals surface area contributed by atoms with Crippen LogP contribution in [0.1, 0.15) is 19.3 Å². The maximum absolute atomic E-state index is 11.3. The molecule has 4 heteroatoms. The summed E-state index contributed by atoms with van der Waals surface area (Å²) in [7, 11) is 0. The zero-order valence-electron chi connectivity index (χ0n) is 8.54. The molecule has 2 rings (SSSR count). The maximum Gasteiger partial charge on any atom is 0.234 e. The molecule has 0 aromatic rings. The largest absolute Gasteiger partial charge is 0.368 e. The van der Waals surface area contributed by atoms with Crippen molar-refractivity contribution in [1.29, 1.82) is 0 Å². The molecule has 1 aliphatic heterocycles. The zero-order valence-corrected chi connectivity index (χ0v) is 8.54. The number of hydrogen-bond donors (Lipinski definition) is 2. The van der Waals surface area contributed by atoms with Crippen molar-refractivity contribution in [2.75, 3.05) is 26.2 Å². The summed E-state index contributed by atoms with van der Waals surface area (Å²) in [5.41, 5.74) is 5.44. The summed E-state index contributed by atoms with van der Waals surface area (Å²) in [4.78, 5) is 13.6. The van der Waals surface area contributed by atoms with Gasteiger partial charge in [0.1, 0.15) is 0 Å². The highest BCUT2D eigenvalue weighted by atomic mass is 16.1. The average molecular weight is 197 g/mol. The molecule has 3 N–H and O–H groups in total. The second kappa shape index (κ2) is 4.28. The van der Waals surface area contributed by atoms with E-state index in [-0.39, 0.29) is 11.9 Å². The van der Waals surface area contributed by atoms with E-state index in [0.29, 0.717) is 0 Å². The van der Waals surface area contributed by atoms with Gasteiger partial charge < -0.3 is 11.1 Å². The Balaban J connectivity index is 1.89. The molecule has 0 bridgehead atoms. The van der Waals surface area contributed by atoms with E-state index in [1.807, 2.05) is 0 Å². The first-order valence-corrected chi connectivity index (χ1v) is 5.51. The Bertz CT molecular complexity index is 209. The molecule has 0 aromatic heterocycles. The van der Waals surface area contributed by atoms with Gasteiger partial charge in [0.15, 0.2) is 0 Å². The number of rotatable bonds is 4. The fourth-order valence-electron chi connectivity index (χ4n) is 2.11. The highest BCUT2D eigenvalue weighted by Gasteiger charge is 2.32. The molecular weight excluding hydrogens is 178 g/mol. The van der Waals surface area contributed by atoms with E-state index in [2.05, 4.69) is 10.2 Å². The van der Waals surface area contributed by atoms with Crippen LogP contribution >= 0.6 is 0 Å². The lowest BCUT2D eigenvalue weighted by Crippen LogP contribution is -2.53. The van der Waals surface area contributed by atoms with Crippen molar-refractivity contribution >= 4 is 5.91 Å². The smallest absolute Gasteiger partial charge is 0.234 e. The third-order valence-electron chi connectivity index (χ3n) is 3.17. The van der Waals surface area contributed by atoms with Crippen molar-refractivity contribution in [2.45, 2.75) is 25.3 Å². The summed E-state index contributed by atoms with van der Waals surface area (Å²) < 4.78 is 0. The van der Waals surface area contributed by atoms with Crippen molar-refractivity contribution in [2.24, 2.45) is 11.7 Å². The van der Waals surface area contributed by atoms with Crippen molar-refractivity contribution in [3.05, 3.63) is 0 Å². The molecule has 2 aliphatic rings. The molecule has 1 unspecified atom stereocenters. The Labute approximate surface area is 84.8 Å². The molecule has 1 atom stereocenters. The Morgan fingerprint density at radius 3 is 2.57 bits per heavy atom. The van der Waals surface area contributed by atoms with E-state index < -0.39 is 0 Å². The lowest BCUT2D eigenvalue weighted by atomic mass is 10.1. The summed E-state index contributed by atoms with van der Waals surface area (Å²) in [5.74, 6) is 0.626. The molecule has 14 heavy (non-hydrogen) atoms. The number of hydrogen-bond acceptors (Lipinski definition) is 3. The van der Waals surface area contributed by atoms with Crippen LogP contribution in [-0.2, 0) is 4.79 Å². The van der Waals surface area contributed by atoms with Crippen LogP contribution in [0.2, 0.25) is 0 Å². The molecular formula is C10H19N3O. The topological polar surface area (TPSA) is 58.4 Å². The summed E-state index contributed by atoms with van der Waals surface area (Å²) in [6.45, 7) is 3.88. The highest BCUT2D eigenvalue weighted by Crippen LogP contribution is 2.34. The summed E-state index contributed by atoms with van der Waals surface area (Å²) in [5, 5.41) is 3.28. The minimum Gasteiger partial charge on any atom is -0.368 e. The fourth-order valence-corrected chi connectivity index (χ4v) is 2.11. The Kier molecular flexibility index (Phi) is 3.03. The number of nitrogens with one attached hydrogen (secondary N) is 1. The van der Waals surface area contributed by atoms with Crippen LogP contribution in [0.3, 0.4) is 0 Å².